The van der Waals surface area contributed by atoms with Crippen LogP contribution in [0.5, 0.6) is 5.75 Å². The van der Waals surface area contributed by atoms with E-state index in [0.29, 0.717) is 35.1 Å². The highest BCUT2D eigenvalue weighted by atomic mass is 32.1. The van der Waals surface area contributed by atoms with Crippen LogP contribution in [0.25, 0.3) is 10.2 Å². The van der Waals surface area contributed by atoms with Crippen molar-refractivity contribution in [2.75, 3.05) is 38.6 Å². The molecule has 2 amide bonds. The van der Waals surface area contributed by atoms with E-state index in [4.69, 9.17) is 4.74 Å². The van der Waals surface area contributed by atoms with E-state index in [1.165, 1.54) is 24.2 Å². The Bertz CT molecular complexity index is 1260. The number of anilines is 1. The van der Waals surface area contributed by atoms with Gasteiger partial charge in [0, 0.05) is 25.6 Å². The number of carbonyl (C=O) groups excluding carboxylic acids is 2. The van der Waals surface area contributed by atoms with Gasteiger partial charge in [-0.3, -0.25) is 9.59 Å². The molecule has 5 rings (SSSR count). The minimum Gasteiger partial charge on any atom is -0.486 e. The molecule has 196 valence electrons. The predicted molar refractivity (Wildman–Crippen MR) is 145 cm³/mol. The molecule has 2 heterocycles. The second kappa shape index (κ2) is 10.8. The van der Waals surface area contributed by atoms with Gasteiger partial charge in [-0.05, 0) is 57.0 Å². The Kier molecular flexibility index (Phi) is 7.46. The van der Waals surface area contributed by atoms with Gasteiger partial charge in [-0.1, -0.05) is 25.1 Å². The Hall–Kier alpha value is -3.01. The third kappa shape index (κ3) is 5.63. The lowest BCUT2D eigenvalue weighted by atomic mass is 9.99. The average Bonchev–Trinajstić information content (AvgIpc) is 3.59. The fraction of sp³-hybridized carbons (Fsp3) is 0.464. The number of hydrogen-bond acceptors (Lipinski definition) is 7. The first-order chi connectivity index (χ1) is 17.8. The molecule has 2 N–H and O–H groups in total. The highest BCUT2D eigenvalue weighted by Gasteiger charge is 2.35. The molecule has 8 nitrogen and oxygen atoms in total. The smallest absolute Gasteiger partial charge is 0.284 e. The number of aromatic nitrogens is 1. The zero-order valence-corrected chi connectivity index (χ0v) is 22.3. The number of ether oxygens (including phenoxy) is 1. The first-order valence-corrected chi connectivity index (χ1v) is 13.7. The van der Waals surface area contributed by atoms with E-state index in [1.807, 2.05) is 31.2 Å². The maximum atomic E-state index is 13.6. The topological polar surface area (TPSA) is 95.0 Å². The molecule has 9 heteroatoms. The van der Waals surface area contributed by atoms with Gasteiger partial charge >= 0.3 is 0 Å². The summed E-state index contributed by atoms with van der Waals surface area (Å²) in [5.74, 6) is 0.569. The fourth-order valence-corrected chi connectivity index (χ4v) is 5.69. The zero-order chi connectivity index (χ0) is 26.1. The van der Waals surface area contributed by atoms with Gasteiger partial charge in [0.2, 0.25) is 0 Å². The number of fused-ring (bicyclic) bond motifs is 2. The molecular weight excluding hydrogens is 488 g/mol. The number of amides is 2. The van der Waals surface area contributed by atoms with Crippen LogP contribution in [0.15, 0.2) is 42.5 Å². The molecule has 1 fully saturated rings. The summed E-state index contributed by atoms with van der Waals surface area (Å²) in [5.41, 5.74) is 1.59. The molecule has 37 heavy (non-hydrogen) atoms. The van der Waals surface area contributed by atoms with Crippen molar-refractivity contribution in [3.8, 4) is 5.75 Å². The van der Waals surface area contributed by atoms with Gasteiger partial charge in [-0.2, -0.15) is 0 Å². The maximum absolute atomic E-state index is 13.6. The van der Waals surface area contributed by atoms with Crippen LogP contribution >= 0.6 is 11.3 Å². The van der Waals surface area contributed by atoms with Gasteiger partial charge in [-0.25, -0.2) is 4.98 Å². The summed E-state index contributed by atoms with van der Waals surface area (Å²) < 4.78 is 7.53. The van der Waals surface area contributed by atoms with E-state index < -0.39 is 0 Å². The standard InChI is InChI=1S/C28H34N4O4S/c1-17-13-32(18(2)16-33)28(35)20-7-6-9-22(25(20)36-23(17)15-31(3)14-19-11-12-19)29-26(34)27-30-21-8-4-5-10-24(21)37-27/h4-10,17-19,23,33H,11-16H2,1-3H3,(H,29,34)/t17-,18-,23+/m1/s1. The number of thiazole rings is 1. The molecule has 0 unspecified atom stereocenters. The van der Waals surface area contributed by atoms with Gasteiger partial charge in [0.15, 0.2) is 10.8 Å². The van der Waals surface area contributed by atoms with Crippen molar-refractivity contribution >= 4 is 39.1 Å². The molecular formula is C28H34N4O4S. The molecule has 1 aliphatic carbocycles. The summed E-state index contributed by atoms with van der Waals surface area (Å²) in [7, 11) is 2.11. The normalized spacial score (nSPS) is 20.8. The van der Waals surface area contributed by atoms with Crippen LogP contribution in [0.3, 0.4) is 0 Å². The maximum Gasteiger partial charge on any atom is 0.284 e. The summed E-state index contributed by atoms with van der Waals surface area (Å²) in [5, 5.41) is 13.2. The Morgan fingerprint density at radius 1 is 1.24 bits per heavy atom. The molecule has 1 aliphatic heterocycles. The van der Waals surface area contributed by atoms with Crippen LogP contribution in [-0.2, 0) is 0 Å². The third-order valence-electron chi connectivity index (χ3n) is 7.19. The molecule has 3 atom stereocenters. The van der Waals surface area contributed by atoms with Crippen molar-refractivity contribution in [1.29, 1.82) is 0 Å². The van der Waals surface area contributed by atoms with Crippen LogP contribution in [0.2, 0.25) is 0 Å². The minimum atomic E-state index is -0.344. The number of para-hydroxylation sites is 2. The second-order valence-electron chi connectivity index (χ2n) is 10.4. The van der Waals surface area contributed by atoms with Gasteiger partial charge in [-0.15, -0.1) is 11.3 Å². The molecule has 0 spiro atoms. The largest absolute Gasteiger partial charge is 0.486 e. The molecule has 1 saturated carbocycles. The lowest BCUT2D eigenvalue weighted by Gasteiger charge is -2.38. The number of aliphatic hydroxyl groups is 1. The van der Waals surface area contributed by atoms with E-state index in [-0.39, 0.29) is 36.5 Å². The van der Waals surface area contributed by atoms with Gasteiger partial charge in [0.25, 0.3) is 11.8 Å². The highest BCUT2D eigenvalue weighted by Crippen LogP contribution is 2.36. The summed E-state index contributed by atoms with van der Waals surface area (Å²) in [6.07, 6.45) is 2.34. The lowest BCUT2D eigenvalue weighted by molar-refractivity contribution is 0.0345. The molecule has 2 aromatic carbocycles. The van der Waals surface area contributed by atoms with E-state index in [0.717, 1.165) is 22.7 Å². The second-order valence-corrected chi connectivity index (χ2v) is 11.4. The first kappa shape index (κ1) is 25.6. The Morgan fingerprint density at radius 3 is 2.76 bits per heavy atom. The van der Waals surface area contributed by atoms with Gasteiger partial charge < -0.3 is 25.0 Å². The monoisotopic (exact) mass is 522 g/mol. The van der Waals surface area contributed by atoms with Crippen molar-refractivity contribution < 1.29 is 19.4 Å². The van der Waals surface area contributed by atoms with E-state index in [1.54, 1.807) is 23.1 Å². The predicted octanol–water partition coefficient (Wildman–Crippen LogP) is 4.11. The number of carbonyl (C=O) groups is 2. The van der Waals surface area contributed by atoms with Crippen LogP contribution < -0.4 is 10.1 Å². The van der Waals surface area contributed by atoms with Crippen molar-refractivity contribution in [3.63, 3.8) is 0 Å². The SMILES string of the molecule is C[C@@H]1CN([C@H](C)CO)C(=O)c2cccc(NC(=O)c3nc4ccccc4s3)c2O[C@H]1CN(C)CC1CC1. The fourth-order valence-electron chi connectivity index (χ4n) is 4.83. The molecule has 0 bridgehead atoms. The zero-order valence-electron chi connectivity index (χ0n) is 21.5. The number of benzene rings is 2. The number of rotatable bonds is 8. The van der Waals surface area contributed by atoms with Crippen molar-refractivity contribution in [1.82, 2.24) is 14.8 Å². The quantitative estimate of drug-likeness (QED) is 0.462. The van der Waals surface area contributed by atoms with E-state index >= 15 is 0 Å². The molecule has 0 saturated heterocycles. The van der Waals surface area contributed by atoms with Crippen LogP contribution in [0.4, 0.5) is 5.69 Å². The number of nitrogens with zero attached hydrogens (tertiary/aromatic N) is 3. The van der Waals surface area contributed by atoms with Crippen molar-refractivity contribution in [3.05, 3.63) is 53.0 Å². The summed E-state index contributed by atoms with van der Waals surface area (Å²) in [4.78, 5) is 35.4. The van der Waals surface area contributed by atoms with Crippen LogP contribution in [0.1, 0.15) is 46.8 Å². The minimum absolute atomic E-state index is 0.0146. The summed E-state index contributed by atoms with van der Waals surface area (Å²) in [6, 6.07) is 12.5. The van der Waals surface area contributed by atoms with Crippen LogP contribution in [-0.4, -0.2) is 77.1 Å². The first-order valence-electron chi connectivity index (χ1n) is 12.9. The average molecular weight is 523 g/mol. The molecule has 1 aromatic heterocycles. The Labute approximate surface area is 221 Å². The lowest BCUT2D eigenvalue weighted by Crippen LogP contribution is -2.50. The third-order valence-corrected chi connectivity index (χ3v) is 8.22. The Balaban J connectivity index is 1.48. The number of likely N-dealkylation sites (N-methyl/N-ethyl adjacent to an activating group) is 1. The molecule has 0 radical (unpaired) electrons. The summed E-state index contributed by atoms with van der Waals surface area (Å²) in [6.45, 7) is 5.99. The Morgan fingerprint density at radius 2 is 2.03 bits per heavy atom. The number of aliphatic hydroxyl groups excluding tert-OH is 1. The van der Waals surface area contributed by atoms with Crippen LogP contribution in [0, 0.1) is 11.8 Å². The van der Waals surface area contributed by atoms with E-state index in [9.17, 15) is 14.7 Å². The van der Waals surface area contributed by atoms with E-state index in [2.05, 4.69) is 29.2 Å². The van der Waals surface area contributed by atoms with Gasteiger partial charge in [0.1, 0.15) is 6.10 Å². The van der Waals surface area contributed by atoms with Crippen molar-refractivity contribution in [2.45, 2.75) is 38.8 Å². The summed E-state index contributed by atoms with van der Waals surface area (Å²) >= 11 is 1.32. The number of hydrogen-bond donors (Lipinski definition) is 2. The molecule has 2 aliphatic rings. The number of nitrogens with one attached hydrogen (secondary N) is 1. The van der Waals surface area contributed by atoms with Crippen molar-refractivity contribution in [2.24, 2.45) is 11.8 Å². The van der Waals surface area contributed by atoms with Gasteiger partial charge in [0.05, 0.1) is 34.1 Å². The molecule has 3 aromatic rings. The highest BCUT2D eigenvalue weighted by molar-refractivity contribution is 7.20.